The summed E-state index contributed by atoms with van der Waals surface area (Å²) in [6.45, 7) is 20.8. The van der Waals surface area contributed by atoms with Crippen LogP contribution in [0.1, 0.15) is 46.5 Å². The quantitative estimate of drug-likeness (QED) is 0.702. The summed E-state index contributed by atoms with van der Waals surface area (Å²) in [6.07, 6.45) is 4.85. The highest BCUT2D eigenvalue weighted by atomic mass is 15.1. The molecule has 19 heavy (non-hydrogen) atoms. The fourth-order valence-corrected chi connectivity index (χ4v) is 2.54. The summed E-state index contributed by atoms with van der Waals surface area (Å²) in [5.74, 6) is 0. The minimum Gasteiger partial charge on any atom is -0.303 e. The van der Waals surface area contributed by atoms with Gasteiger partial charge < -0.3 is 9.80 Å². The van der Waals surface area contributed by atoms with Crippen molar-refractivity contribution < 1.29 is 0 Å². The first kappa shape index (κ1) is 16.5. The Hall–Kier alpha value is -0.600. The zero-order valence-corrected chi connectivity index (χ0v) is 13.2. The fourth-order valence-electron chi connectivity index (χ4n) is 2.54. The van der Waals surface area contributed by atoms with Crippen LogP contribution in [0.25, 0.3) is 0 Å². The van der Waals surface area contributed by atoms with Crippen LogP contribution in [0.2, 0.25) is 0 Å². The van der Waals surface area contributed by atoms with Gasteiger partial charge in [-0.25, -0.2) is 0 Å². The van der Waals surface area contributed by atoms with E-state index in [9.17, 15) is 0 Å². The Labute approximate surface area is 120 Å². The predicted octanol–water partition coefficient (Wildman–Crippen LogP) is 3.71. The number of hydrogen-bond donors (Lipinski definition) is 0. The number of hydrogen-bond acceptors (Lipinski definition) is 2. The number of likely N-dealkylation sites (tertiary alicyclic amines) is 2. The summed E-state index contributed by atoms with van der Waals surface area (Å²) in [5, 5.41) is 0. The highest BCUT2D eigenvalue weighted by molar-refractivity contribution is 4.99. The van der Waals surface area contributed by atoms with Gasteiger partial charge in [-0.3, -0.25) is 0 Å². The average molecular weight is 264 g/mol. The van der Waals surface area contributed by atoms with Crippen molar-refractivity contribution in [2.24, 2.45) is 0 Å². The topological polar surface area (TPSA) is 6.48 Å². The fraction of sp³-hybridized carbons (Fsp3) is 0.765. The Balaban J connectivity index is 0.000000191. The van der Waals surface area contributed by atoms with Crippen molar-refractivity contribution in [2.45, 2.75) is 52.5 Å². The van der Waals surface area contributed by atoms with E-state index in [4.69, 9.17) is 0 Å². The van der Waals surface area contributed by atoms with Crippen LogP contribution in [-0.4, -0.2) is 48.6 Å². The summed E-state index contributed by atoms with van der Waals surface area (Å²) in [6, 6.07) is 0.716. The smallest absolute Gasteiger partial charge is 0.00388 e. The van der Waals surface area contributed by atoms with Crippen molar-refractivity contribution >= 4 is 0 Å². The third-order valence-electron chi connectivity index (χ3n) is 4.25. The van der Waals surface area contributed by atoms with Crippen LogP contribution < -0.4 is 0 Å². The molecular weight excluding hydrogens is 232 g/mol. The highest BCUT2D eigenvalue weighted by Crippen LogP contribution is 2.15. The molecule has 2 nitrogen and oxygen atoms in total. The molecule has 0 radical (unpaired) electrons. The normalized spacial score (nSPS) is 22.3. The molecule has 2 heterocycles. The molecule has 0 amide bonds. The lowest BCUT2D eigenvalue weighted by atomic mass is 10.1. The molecule has 0 bridgehead atoms. The molecule has 0 saturated carbocycles. The molecule has 2 fully saturated rings. The summed E-state index contributed by atoms with van der Waals surface area (Å²) < 4.78 is 0. The van der Waals surface area contributed by atoms with Crippen molar-refractivity contribution in [3.05, 3.63) is 24.3 Å². The van der Waals surface area contributed by atoms with E-state index in [0.29, 0.717) is 6.04 Å². The minimum atomic E-state index is 0.716. The molecule has 2 aliphatic heterocycles. The van der Waals surface area contributed by atoms with Gasteiger partial charge in [0, 0.05) is 32.2 Å². The standard InChI is InChI=1S/C9H17N.C8H15N/c1-8(2)10-6-4-9(3)5-7-10;1-3-9-6-4-8(2)5-7-9/h8H,3-7H2,1-2H3;2-7H2,1H3. The van der Waals surface area contributed by atoms with E-state index < -0.39 is 0 Å². The van der Waals surface area contributed by atoms with E-state index in [0.717, 1.165) is 0 Å². The lowest BCUT2D eigenvalue weighted by Crippen LogP contribution is -2.36. The van der Waals surface area contributed by atoms with E-state index >= 15 is 0 Å². The zero-order valence-electron chi connectivity index (χ0n) is 13.2. The van der Waals surface area contributed by atoms with Gasteiger partial charge in [0.25, 0.3) is 0 Å². The molecule has 2 rings (SSSR count). The first-order chi connectivity index (χ1) is 9.02. The third kappa shape index (κ3) is 6.40. The number of piperidine rings is 2. The second kappa shape index (κ2) is 8.55. The van der Waals surface area contributed by atoms with Gasteiger partial charge in [0.05, 0.1) is 0 Å². The summed E-state index contributed by atoms with van der Waals surface area (Å²) in [4.78, 5) is 4.98. The molecule has 2 saturated heterocycles. The molecule has 0 aliphatic carbocycles. The Morgan fingerprint density at radius 2 is 1.32 bits per heavy atom. The SMILES string of the molecule is C=C1CCN(C(C)C)CC1.C=C1CCN(CC)CC1. The third-order valence-corrected chi connectivity index (χ3v) is 4.25. The van der Waals surface area contributed by atoms with Gasteiger partial charge >= 0.3 is 0 Å². The van der Waals surface area contributed by atoms with Crippen molar-refractivity contribution in [1.82, 2.24) is 9.80 Å². The largest absolute Gasteiger partial charge is 0.303 e. The molecule has 0 aromatic rings. The number of nitrogens with zero attached hydrogens (tertiary/aromatic N) is 2. The molecule has 0 atom stereocenters. The molecule has 110 valence electrons. The van der Waals surface area contributed by atoms with Gasteiger partial charge in [-0.05, 0) is 46.1 Å². The molecule has 0 unspecified atom stereocenters. The Kier molecular flexibility index (Phi) is 7.40. The minimum absolute atomic E-state index is 0.716. The van der Waals surface area contributed by atoms with Crippen molar-refractivity contribution in [3.63, 3.8) is 0 Å². The van der Waals surface area contributed by atoms with E-state index in [-0.39, 0.29) is 0 Å². The van der Waals surface area contributed by atoms with E-state index in [2.05, 4.69) is 43.7 Å². The van der Waals surface area contributed by atoms with Gasteiger partial charge in [-0.15, -0.1) is 0 Å². The Morgan fingerprint density at radius 1 is 0.895 bits per heavy atom. The lowest BCUT2D eigenvalue weighted by molar-refractivity contribution is 0.207. The summed E-state index contributed by atoms with van der Waals surface area (Å²) in [5.41, 5.74) is 2.86. The van der Waals surface area contributed by atoms with Crippen LogP contribution in [-0.2, 0) is 0 Å². The van der Waals surface area contributed by atoms with Crippen molar-refractivity contribution in [1.29, 1.82) is 0 Å². The predicted molar refractivity (Wildman–Crippen MR) is 85.6 cm³/mol. The van der Waals surface area contributed by atoms with Gasteiger partial charge in [0.1, 0.15) is 0 Å². The van der Waals surface area contributed by atoms with Crippen LogP contribution in [0, 0.1) is 0 Å². The van der Waals surface area contributed by atoms with E-state index in [1.807, 2.05) is 0 Å². The summed E-state index contributed by atoms with van der Waals surface area (Å²) >= 11 is 0. The molecule has 0 spiro atoms. The van der Waals surface area contributed by atoms with E-state index in [1.165, 1.54) is 69.6 Å². The first-order valence-corrected chi connectivity index (χ1v) is 7.82. The van der Waals surface area contributed by atoms with E-state index in [1.54, 1.807) is 0 Å². The van der Waals surface area contributed by atoms with Crippen LogP contribution in [0.5, 0.6) is 0 Å². The maximum absolute atomic E-state index is 3.98. The van der Waals surface area contributed by atoms with Gasteiger partial charge in [0.2, 0.25) is 0 Å². The van der Waals surface area contributed by atoms with Crippen molar-refractivity contribution in [2.75, 3.05) is 32.7 Å². The van der Waals surface area contributed by atoms with Crippen LogP contribution >= 0.6 is 0 Å². The summed E-state index contributed by atoms with van der Waals surface area (Å²) in [7, 11) is 0. The Morgan fingerprint density at radius 3 is 1.68 bits per heavy atom. The molecule has 0 N–H and O–H groups in total. The second-order valence-electron chi connectivity index (χ2n) is 6.06. The van der Waals surface area contributed by atoms with Crippen LogP contribution in [0.3, 0.4) is 0 Å². The van der Waals surface area contributed by atoms with Gasteiger partial charge in [-0.2, -0.15) is 0 Å². The van der Waals surface area contributed by atoms with Crippen LogP contribution in [0.15, 0.2) is 24.3 Å². The van der Waals surface area contributed by atoms with Crippen LogP contribution in [0.4, 0.5) is 0 Å². The Bertz CT molecular complexity index is 274. The first-order valence-electron chi connectivity index (χ1n) is 7.82. The molecular formula is C17H32N2. The molecule has 0 aromatic heterocycles. The maximum Gasteiger partial charge on any atom is 0.00388 e. The molecule has 2 heteroatoms. The highest BCUT2D eigenvalue weighted by Gasteiger charge is 2.14. The zero-order chi connectivity index (χ0) is 14.3. The maximum atomic E-state index is 3.98. The average Bonchev–Trinajstić information content (AvgIpc) is 2.41. The monoisotopic (exact) mass is 264 g/mol. The molecule has 0 aromatic carbocycles. The molecule has 2 aliphatic rings. The van der Waals surface area contributed by atoms with Crippen molar-refractivity contribution in [3.8, 4) is 0 Å². The second-order valence-corrected chi connectivity index (χ2v) is 6.06. The van der Waals surface area contributed by atoms with Gasteiger partial charge in [-0.1, -0.05) is 31.2 Å². The number of rotatable bonds is 2. The lowest BCUT2D eigenvalue weighted by Gasteiger charge is -2.31. The van der Waals surface area contributed by atoms with Gasteiger partial charge in [0.15, 0.2) is 0 Å².